The standard InChI is InChI=1S/C16H25NO/c1-12(2)10-13-6-4-7-14(11-13)15(17)16(3)8-5-9-18-16/h4,6-7,11-12,15H,5,8-10,17H2,1-3H3. The summed E-state index contributed by atoms with van der Waals surface area (Å²) in [6.07, 6.45) is 3.29. The molecule has 1 aromatic carbocycles. The number of rotatable bonds is 4. The Morgan fingerprint density at radius 3 is 2.78 bits per heavy atom. The molecule has 0 saturated carbocycles. The lowest BCUT2D eigenvalue weighted by atomic mass is 9.87. The van der Waals surface area contributed by atoms with Gasteiger partial charge in [-0.25, -0.2) is 0 Å². The van der Waals surface area contributed by atoms with E-state index >= 15 is 0 Å². The van der Waals surface area contributed by atoms with Crippen LogP contribution in [0.2, 0.25) is 0 Å². The van der Waals surface area contributed by atoms with Gasteiger partial charge >= 0.3 is 0 Å². The van der Waals surface area contributed by atoms with E-state index in [1.807, 2.05) is 0 Å². The molecule has 1 aromatic rings. The number of nitrogens with two attached hydrogens (primary N) is 1. The van der Waals surface area contributed by atoms with E-state index in [1.165, 1.54) is 11.1 Å². The van der Waals surface area contributed by atoms with E-state index < -0.39 is 0 Å². The van der Waals surface area contributed by atoms with Gasteiger partial charge in [0.15, 0.2) is 0 Å². The summed E-state index contributed by atoms with van der Waals surface area (Å²) in [6, 6.07) is 8.66. The Labute approximate surface area is 111 Å². The fourth-order valence-corrected chi connectivity index (χ4v) is 2.78. The normalized spacial score (nSPS) is 25.6. The van der Waals surface area contributed by atoms with Crippen molar-refractivity contribution in [1.82, 2.24) is 0 Å². The van der Waals surface area contributed by atoms with Gasteiger partial charge < -0.3 is 10.5 Å². The number of benzene rings is 1. The van der Waals surface area contributed by atoms with E-state index in [4.69, 9.17) is 10.5 Å². The van der Waals surface area contributed by atoms with Crippen LogP contribution in [-0.4, -0.2) is 12.2 Å². The van der Waals surface area contributed by atoms with Gasteiger partial charge in [-0.2, -0.15) is 0 Å². The molecule has 1 aliphatic rings. The van der Waals surface area contributed by atoms with Crippen LogP contribution in [0.4, 0.5) is 0 Å². The summed E-state index contributed by atoms with van der Waals surface area (Å²) >= 11 is 0. The highest BCUT2D eigenvalue weighted by Gasteiger charge is 2.37. The maximum absolute atomic E-state index is 6.41. The predicted octanol–water partition coefficient (Wildman–Crippen LogP) is 3.45. The molecule has 2 N–H and O–H groups in total. The van der Waals surface area contributed by atoms with Gasteiger partial charge in [-0.1, -0.05) is 38.1 Å². The Balaban J connectivity index is 2.17. The highest BCUT2D eigenvalue weighted by molar-refractivity contribution is 5.28. The zero-order chi connectivity index (χ0) is 13.2. The van der Waals surface area contributed by atoms with Crippen molar-refractivity contribution in [2.24, 2.45) is 11.7 Å². The molecule has 2 unspecified atom stereocenters. The predicted molar refractivity (Wildman–Crippen MR) is 75.5 cm³/mol. The molecule has 2 heteroatoms. The second-order valence-electron chi connectivity index (χ2n) is 6.09. The SMILES string of the molecule is CC(C)Cc1cccc(C(N)C2(C)CCCO2)c1. The molecule has 2 rings (SSSR count). The first-order valence-corrected chi connectivity index (χ1v) is 6.99. The summed E-state index contributed by atoms with van der Waals surface area (Å²) in [5.41, 5.74) is 8.81. The molecule has 1 saturated heterocycles. The summed E-state index contributed by atoms with van der Waals surface area (Å²) in [6.45, 7) is 7.47. The molecule has 1 aliphatic heterocycles. The minimum Gasteiger partial charge on any atom is -0.373 e. The average molecular weight is 247 g/mol. The molecule has 2 atom stereocenters. The van der Waals surface area contributed by atoms with Crippen molar-refractivity contribution in [3.05, 3.63) is 35.4 Å². The molecule has 0 spiro atoms. The lowest BCUT2D eigenvalue weighted by Gasteiger charge is -2.31. The van der Waals surface area contributed by atoms with Gasteiger partial charge in [0.1, 0.15) is 0 Å². The third-order valence-corrected chi connectivity index (χ3v) is 3.86. The van der Waals surface area contributed by atoms with E-state index in [1.54, 1.807) is 0 Å². The molecule has 0 aliphatic carbocycles. The molecule has 100 valence electrons. The van der Waals surface area contributed by atoms with Gasteiger partial charge in [-0.3, -0.25) is 0 Å². The summed E-state index contributed by atoms with van der Waals surface area (Å²) in [5.74, 6) is 0.676. The highest BCUT2D eigenvalue weighted by Crippen LogP contribution is 2.36. The molecule has 1 fully saturated rings. The van der Waals surface area contributed by atoms with Crippen molar-refractivity contribution >= 4 is 0 Å². The van der Waals surface area contributed by atoms with Crippen molar-refractivity contribution in [2.75, 3.05) is 6.61 Å². The fourth-order valence-electron chi connectivity index (χ4n) is 2.78. The van der Waals surface area contributed by atoms with Crippen LogP contribution >= 0.6 is 0 Å². The Hall–Kier alpha value is -0.860. The Morgan fingerprint density at radius 1 is 1.39 bits per heavy atom. The largest absolute Gasteiger partial charge is 0.373 e. The highest BCUT2D eigenvalue weighted by atomic mass is 16.5. The van der Waals surface area contributed by atoms with Crippen molar-refractivity contribution < 1.29 is 4.74 Å². The lowest BCUT2D eigenvalue weighted by Crippen LogP contribution is -2.37. The monoisotopic (exact) mass is 247 g/mol. The first kappa shape index (κ1) is 13.6. The van der Waals surface area contributed by atoms with Gasteiger partial charge in [-0.15, -0.1) is 0 Å². The van der Waals surface area contributed by atoms with Gasteiger partial charge in [0.05, 0.1) is 11.6 Å². The minimum atomic E-state index is -0.184. The van der Waals surface area contributed by atoms with Crippen LogP contribution in [0.15, 0.2) is 24.3 Å². The molecule has 0 radical (unpaired) electrons. The summed E-state index contributed by atoms with van der Waals surface area (Å²) < 4.78 is 5.85. The summed E-state index contributed by atoms with van der Waals surface area (Å²) in [4.78, 5) is 0. The van der Waals surface area contributed by atoms with Gasteiger partial charge in [0.2, 0.25) is 0 Å². The maximum Gasteiger partial charge on any atom is 0.0847 e. The fraction of sp³-hybridized carbons (Fsp3) is 0.625. The Morgan fingerprint density at radius 2 is 2.17 bits per heavy atom. The van der Waals surface area contributed by atoms with Crippen LogP contribution in [0.1, 0.15) is 50.8 Å². The minimum absolute atomic E-state index is 0.0212. The van der Waals surface area contributed by atoms with Crippen LogP contribution in [0.3, 0.4) is 0 Å². The smallest absolute Gasteiger partial charge is 0.0847 e. The topological polar surface area (TPSA) is 35.2 Å². The van der Waals surface area contributed by atoms with Crippen LogP contribution < -0.4 is 5.73 Å². The Bertz CT molecular complexity index is 394. The van der Waals surface area contributed by atoms with Crippen molar-refractivity contribution in [3.63, 3.8) is 0 Å². The molecule has 0 aromatic heterocycles. The first-order chi connectivity index (χ1) is 8.51. The van der Waals surface area contributed by atoms with Crippen molar-refractivity contribution in [1.29, 1.82) is 0 Å². The third kappa shape index (κ3) is 2.93. The lowest BCUT2D eigenvalue weighted by molar-refractivity contribution is -0.00174. The van der Waals surface area contributed by atoms with Crippen LogP contribution in [0.25, 0.3) is 0 Å². The summed E-state index contributed by atoms with van der Waals surface area (Å²) in [7, 11) is 0. The van der Waals surface area contributed by atoms with Gasteiger partial charge in [0, 0.05) is 6.61 Å². The third-order valence-electron chi connectivity index (χ3n) is 3.86. The van der Waals surface area contributed by atoms with Crippen LogP contribution in [0, 0.1) is 5.92 Å². The van der Waals surface area contributed by atoms with E-state index in [9.17, 15) is 0 Å². The van der Waals surface area contributed by atoms with E-state index in [2.05, 4.69) is 45.0 Å². The zero-order valence-corrected chi connectivity index (χ0v) is 11.8. The summed E-state index contributed by atoms with van der Waals surface area (Å²) in [5, 5.41) is 0. The van der Waals surface area contributed by atoms with Gasteiger partial charge in [0.25, 0.3) is 0 Å². The molecule has 1 heterocycles. The quantitative estimate of drug-likeness (QED) is 0.884. The number of hydrogen-bond donors (Lipinski definition) is 1. The molecule has 0 amide bonds. The first-order valence-electron chi connectivity index (χ1n) is 6.99. The molecular weight excluding hydrogens is 222 g/mol. The number of hydrogen-bond acceptors (Lipinski definition) is 2. The average Bonchev–Trinajstić information content (AvgIpc) is 2.76. The van der Waals surface area contributed by atoms with E-state index in [0.29, 0.717) is 5.92 Å². The molecule has 18 heavy (non-hydrogen) atoms. The van der Waals surface area contributed by atoms with E-state index in [-0.39, 0.29) is 11.6 Å². The maximum atomic E-state index is 6.41. The Kier molecular flexibility index (Phi) is 4.08. The molecular formula is C16H25NO. The van der Waals surface area contributed by atoms with Crippen molar-refractivity contribution in [3.8, 4) is 0 Å². The van der Waals surface area contributed by atoms with E-state index in [0.717, 1.165) is 25.9 Å². The van der Waals surface area contributed by atoms with Crippen LogP contribution in [-0.2, 0) is 11.2 Å². The zero-order valence-electron chi connectivity index (χ0n) is 11.8. The second-order valence-corrected chi connectivity index (χ2v) is 6.09. The van der Waals surface area contributed by atoms with Crippen molar-refractivity contribution in [2.45, 2.75) is 51.7 Å². The molecule has 2 nitrogen and oxygen atoms in total. The second kappa shape index (κ2) is 5.41. The van der Waals surface area contributed by atoms with Crippen LogP contribution in [0.5, 0.6) is 0 Å². The molecule has 0 bridgehead atoms. The number of ether oxygens (including phenoxy) is 1. The van der Waals surface area contributed by atoms with Gasteiger partial charge in [-0.05, 0) is 43.2 Å².